The van der Waals surface area contributed by atoms with Crippen molar-refractivity contribution in [1.82, 2.24) is 0 Å². The summed E-state index contributed by atoms with van der Waals surface area (Å²) in [5, 5.41) is 0. The minimum absolute atomic E-state index is 0.134. The van der Waals surface area contributed by atoms with E-state index < -0.39 is 0 Å². The highest BCUT2D eigenvalue weighted by Gasteiger charge is 2.46. The number of hydrogen-bond donors (Lipinski definition) is 1. The van der Waals surface area contributed by atoms with Gasteiger partial charge in [0.25, 0.3) is 0 Å². The third-order valence-electron chi connectivity index (χ3n) is 2.42. The lowest BCUT2D eigenvalue weighted by molar-refractivity contribution is 0.136. The summed E-state index contributed by atoms with van der Waals surface area (Å²) in [5.41, 5.74) is 6.08. The molecule has 0 aromatic heterocycles. The Balaban J connectivity index is 2.03. The second-order valence-corrected chi connectivity index (χ2v) is 3.29. The second kappa shape index (κ2) is 2.89. The molecule has 0 amide bonds. The van der Waals surface area contributed by atoms with E-state index in [1.165, 1.54) is 6.42 Å². The Bertz CT molecular complexity index is 116. The monoisotopic (exact) mass is 143 g/mol. The van der Waals surface area contributed by atoms with Crippen LogP contribution < -0.4 is 5.73 Å². The molecule has 0 aromatic rings. The Morgan fingerprint density at radius 2 is 2.30 bits per heavy atom. The maximum atomic E-state index is 5.95. The van der Waals surface area contributed by atoms with E-state index in [9.17, 15) is 0 Å². The normalized spacial score (nSPS) is 38.1. The summed E-state index contributed by atoms with van der Waals surface area (Å²) in [6, 6.07) is 0. The van der Waals surface area contributed by atoms with Crippen molar-refractivity contribution in [3.8, 4) is 0 Å². The molecule has 0 heterocycles. The predicted molar refractivity (Wildman–Crippen MR) is 41.8 cm³/mol. The molecule has 1 saturated carbocycles. The van der Waals surface area contributed by atoms with E-state index in [1.54, 1.807) is 0 Å². The number of hydrogen-bond acceptors (Lipinski definition) is 2. The smallest absolute Gasteiger partial charge is 0.0483 e. The molecule has 2 atom stereocenters. The Kier molecular flexibility index (Phi) is 2.32. The first-order chi connectivity index (χ1) is 4.69. The molecule has 1 rings (SSSR count). The molecule has 0 aliphatic heterocycles. The number of ether oxygens (including phenoxy) is 1. The Morgan fingerprint density at radius 1 is 1.70 bits per heavy atom. The molecule has 10 heavy (non-hydrogen) atoms. The molecular weight excluding hydrogens is 126 g/mol. The maximum Gasteiger partial charge on any atom is 0.0483 e. The van der Waals surface area contributed by atoms with Crippen molar-refractivity contribution < 1.29 is 4.74 Å². The standard InChI is InChI=1S/C8H17NO/c1-3-10-5-4-8(9)6-7(8)2/h7H,3-6,9H2,1-2H3. The van der Waals surface area contributed by atoms with Crippen LogP contribution in [0.15, 0.2) is 0 Å². The van der Waals surface area contributed by atoms with Gasteiger partial charge in [-0.05, 0) is 25.7 Å². The molecular formula is C8H17NO. The van der Waals surface area contributed by atoms with Crippen molar-refractivity contribution in [2.75, 3.05) is 13.2 Å². The molecule has 0 radical (unpaired) electrons. The van der Waals surface area contributed by atoms with E-state index in [4.69, 9.17) is 10.5 Å². The summed E-state index contributed by atoms with van der Waals surface area (Å²) in [4.78, 5) is 0. The van der Waals surface area contributed by atoms with Crippen LogP contribution in [0.2, 0.25) is 0 Å². The van der Waals surface area contributed by atoms with Crippen LogP contribution >= 0.6 is 0 Å². The summed E-state index contributed by atoms with van der Waals surface area (Å²) < 4.78 is 5.22. The fourth-order valence-corrected chi connectivity index (χ4v) is 1.27. The van der Waals surface area contributed by atoms with Crippen molar-refractivity contribution >= 4 is 0 Å². The van der Waals surface area contributed by atoms with Crippen LogP contribution in [-0.4, -0.2) is 18.8 Å². The van der Waals surface area contributed by atoms with Crippen LogP contribution in [0.25, 0.3) is 0 Å². The van der Waals surface area contributed by atoms with Gasteiger partial charge in [-0.25, -0.2) is 0 Å². The van der Waals surface area contributed by atoms with Gasteiger partial charge in [0.05, 0.1) is 0 Å². The van der Waals surface area contributed by atoms with Crippen molar-refractivity contribution in [1.29, 1.82) is 0 Å². The van der Waals surface area contributed by atoms with Gasteiger partial charge in [-0.15, -0.1) is 0 Å². The van der Waals surface area contributed by atoms with Crippen LogP contribution in [0.4, 0.5) is 0 Å². The highest BCUT2D eigenvalue weighted by Crippen LogP contribution is 2.42. The average molecular weight is 143 g/mol. The zero-order valence-electron chi connectivity index (χ0n) is 6.89. The van der Waals surface area contributed by atoms with Gasteiger partial charge >= 0.3 is 0 Å². The Labute approximate surface area is 62.7 Å². The summed E-state index contributed by atoms with van der Waals surface area (Å²) in [6.07, 6.45) is 2.21. The van der Waals surface area contributed by atoms with Crippen LogP contribution in [0, 0.1) is 5.92 Å². The summed E-state index contributed by atoms with van der Waals surface area (Å²) in [6.45, 7) is 5.85. The third-order valence-corrected chi connectivity index (χ3v) is 2.42. The first-order valence-corrected chi connectivity index (χ1v) is 4.05. The summed E-state index contributed by atoms with van der Waals surface area (Å²) >= 11 is 0. The van der Waals surface area contributed by atoms with Gasteiger partial charge < -0.3 is 10.5 Å². The van der Waals surface area contributed by atoms with Gasteiger partial charge in [0.15, 0.2) is 0 Å². The van der Waals surface area contributed by atoms with Gasteiger partial charge in [-0.1, -0.05) is 6.92 Å². The largest absolute Gasteiger partial charge is 0.382 e. The first kappa shape index (κ1) is 8.02. The lowest BCUT2D eigenvalue weighted by Crippen LogP contribution is -2.26. The molecule has 0 bridgehead atoms. The van der Waals surface area contributed by atoms with Gasteiger partial charge in [0.2, 0.25) is 0 Å². The van der Waals surface area contributed by atoms with E-state index in [0.29, 0.717) is 5.92 Å². The lowest BCUT2D eigenvalue weighted by Gasteiger charge is -2.08. The Hall–Kier alpha value is -0.0800. The summed E-state index contributed by atoms with van der Waals surface area (Å²) in [5.74, 6) is 0.716. The van der Waals surface area contributed by atoms with E-state index in [0.717, 1.165) is 19.6 Å². The molecule has 2 heteroatoms. The van der Waals surface area contributed by atoms with E-state index in [2.05, 4.69) is 6.92 Å². The van der Waals surface area contributed by atoms with Crippen molar-refractivity contribution in [2.24, 2.45) is 11.7 Å². The van der Waals surface area contributed by atoms with Crippen LogP contribution in [0.5, 0.6) is 0 Å². The molecule has 2 N–H and O–H groups in total. The number of nitrogens with two attached hydrogens (primary N) is 1. The molecule has 60 valence electrons. The highest BCUT2D eigenvalue weighted by atomic mass is 16.5. The molecule has 2 nitrogen and oxygen atoms in total. The quantitative estimate of drug-likeness (QED) is 0.599. The fraction of sp³-hybridized carbons (Fsp3) is 1.00. The number of rotatable bonds is 4. The predicted octanol–water partition coefficient (Wildman–Crippen LogP) is 1.15. The van der Waals surface area contributed by atoms with E-state index >= 15 is 0 Å². The zero-order valence-corrected chi connectivity index (χ0v) is 6.89. The fourth-order valence-electron chi connectivity index (χ4n) is 1.27. The molecule has 1 aliphatic carbocycles. The van der Waals surface area contributed by atoms with Crippen molar-refractivity contribution in [2.45, 2.75) is 32.2 Å². The van der Waals surface area contributed by atoms with Crippen molar-refractivity contribution in [3.63, 3.8) is 0 Å². The van der Waals surface area contributed by atoms with Gasteiger partial charge in [-0.2, -0.15) is 0 Å². The molecule has 1 aliphatic rings. The molecule has 0 spiro atoms. The minimum atomic E-state index is 0.134. The first-order valence-electron chi connectivity index (χ1n) is 4.05. The van der Waals surface area contributed by atoms with E-state index in [1.807, 2.05) is 6.92 Å². The maximum absolute atomic E-state index is 5.95. The molecule has 2 unspecified atom stereocenters. The highest BCUT2D eigenvalue weighted by molar-refractivity contribution is 5.04. The topological polar surface area (TPSA) is 35.2 Å². The van der Waals surface area contributed by atoms with Gasteiger partial charge in [0.1, 0.15) is 0 Å². The van der Waals surface area contributed by atoms with Gasteiger partial charge in [0, 0.05) is 18.8 Å². The molecule has 0 saturated heterocycles. The third kappa shape index (κ3) is 1.70. The average Bonchev–Trinajstić information content (AvgIpc) is 2.42. The lowest BCUT2D eigenvalue weighted by atomic mass is 10.2. The zero-order chi connectivity index (χ0) is 7.61. The van der Waals surface area contributed by atoms with Crippen LogP contribution in [0.1, 0.15) is 26.7 Å². The summed E-state index contributed by atoms with van der Waals surface area (Å²) in [7, 11) is 0. The minimum Gasteiger partial charge on any atom is -0.382 e. The van der Waals surface area contributed by atoms with Crippen molar-refractivity contribution in [3.05, 3.63) is 0 Å². The second-order valence-electron chi connectivity index (χ2n) is 3.29. The van der Waals surface area contributed by atoms with Crippen LogP contribution in [0.3, 0.4) is 0 Å². The SMILES string of the molecule is CCOCCC1(N)CC1C. The van der Waals surface area contributed by atoms with E-state index in [-0.39, 0.29) is 5.54 Å². The van der Waals surface area contributed by atoms with Crippen LogP contribution in [-0.2, 0) is 4.74 Å². The molecule has 0 aromatic carbocycles. The van der Waals surface area contributed by atoms with Gasteiger partial charge in [-0.3, -0.25) is 0 Å². The Morgan fingerprint density at radius 3 is 2.70 bits per heavy atom. The molecule has 1 fully saturated rings.